The Bertz CT molecular complexity index is 677. The maximum Gasteiger partial charge on any atom is 0.241 e. The molecule has 1 N–H and O–H groups in total. The number of rotatable bonds is 7. The lowest BCUT2D eigenvalue weighted by Crippen LogP contribution is -2.42. The molecule has 23 heavy (non-hydrogen) atoms. The van der Waals surface area contributed by atoms with Crippen LogP contribution in [-0.4, -0.2) is 48.2 Å². The average molecular weight is 312 g/mol. The Hall–Kier alpha value is -1.91. The van der Waals surface area contributed by atoms with Crippen LogP contribution >= 0.6 is 0 Å². The molecule has 0 aromatic heterocycles. The van der Waals surface area contributed by atoms with Crippen LogP contribution in [0, 0.1) is 0 Å². The van der Waals surface area contributed by atoms with E-state index in [-0.39, 0.29) is 12.5 Å². The van der Waals surface area contributed by atoms with E-state index in [0.29, 0.717) is 25.7 Å². The first-order valence-electron chi connectivity index (χ1n) is 8.37. The molecule has 1 saturated carbocycles. The van der Waals surface area contributed by atoms with Gasteiger partial charge in [-0.05, 0) is 31.2 Å². The quantitative estimate of drug-likeness (QED) is 0.855. The Labute approximate surface area is 137 Å². The van der Waals surface area contributed by atoms with Crippen molar-refractivity contribution in [1.29, 1.82) is 0 Å². The highest BCUT2D eigenvalue weighted by Crippen LogP contribution is 2.29. The first-order valence-corrected chi connectivity index (χ1v) is 8.37. The number of nitrogens with zero attached hydrogens (tertiary/aromatic N) is 2. The molecule has 0 saturated heterocycles. The zero-order chi connectivity index (χ0) is 16.2. The third-order valence-electron chi connectivity index (χ3n) is 4.46. The van der Waals surface area contributed by atoms with Crippen LogP contribution < -0.4 is 4.90 Å². The van der Waals surface area contributed by atoms with E-state index < -0.39 is 0 Å². The summed E-state index contributed by atoms with van der Waals surface area (Å²) in [5, 5.41) is 11.5. The van der Waals surface area contributed by atoms with Crippen molar-refractivity contribution in [3.05, 3.63) is 42.5 Å². The molecule has 4 heteroatoms. The molecule has 122 valence electrons. The topological polar surface area (TPSA) is 43.8 Å². The fourth-order valence-corrected chi connectivity index (χ4v) is 3.14. The first-order chi connectivity index (χ1) is 11.2. The van der Waals surface area contributed by atoms with E-state index in [1.165, 1.54) is 0 Å². The predicted octanol–water partition coefficient (Wildman–Crippen LogP) is 2.65. The number of aliphatic hydroxyl groups excluding tert-OH is 1. The summed E-state index contributed by atoms with van der Waals surface area (Å²) in [5.41, 5.74) is 0.968. The molecule has 0 bridgehead atoms. The van der Waals surface area contributed by atoms with E-state index in [1.54, 1.807) is 0 Å². The summed E-state index contributed by atoms with van der Waals surface area (Å²) in [5.74, 6) is 0.101. The van der Waals surface area contributed by atoms with Gasteiger partial charge in [-0.15, -0.1) is 0 Å². The molecule has 0 unspecified atom stereocenters. The minimum atomic E-state index is 0.101. The molecule has 4 nitrogen and oxygen atoms in total. The van der Waals surface area contributed by atoms with Crippen molar-refractivity contribution in [1.82, 2.24) is 4.90 Å². The van der Waals surface area contributed by atoms with Gasteiger partial charge in [-0.25, -0.2) is 0 Å². The first kappa shape index (κ1) is 16.0. The Kier molecular flexibility index (Phi) is 4.94. The molecule has 3 rings (SSSR count). The maximum atomic E-state index is 12.8. The summed E-state index contributed by atoms with van der Waals surface area (Å²) in [7, 11) is 0. The van der Waals surface area contributed by atoms with E-state index >= 15 is 0 Å². The number of benzene rings is 2. The molecular formula is C19H24N2O2. The Morgan fingerprint density at radius 2 is 1.91 bits per heavy atom. The Morgan fingerprint density at radius 3 is 2.61 bits per heavy atom. The number of carbonyl (C=O) groups excluding carboxylic acids is 1. The van der Waals surface area contributed by atoms with Gasteiger partial charge in [-0.2, -0.15) is 0 Å². The van der Waals surface area contributed by atoms with Gasteiger partial charge in [0.05, 0.1) is 18.8 Å². The van der Waals surface area contributed by atoms with E-state index in [4.69, 9.17) is 0 Å². The van der Waals surface area contributed by atoms with Crippen LogP contribution in [0.15, 0.2) is 42.5 Å². The average Bonchev–Trinajstić information content (AvgIpc) is 3.40. The Balaban J connectivity index is 1.84. The third-order valence-corrected chi connectivity index (χ3v) is 4.46. The van der Waals surface area contributed by atoms with Crippen LogP contribution in [0.5, 0.6) is 0 Å². The molecule has 0 heterocycles. The van der Waals surface area contributed by atoms with Gasteiger partial charge >= 0.3 is 0 Å². The Morgan fingerprint density at radius 1 is 1.17 bits per heavy atom. The van der Waals surface area contributed by atoms with Crippen LogP contribution in [0.1, 0.15) is 19.8 Å². The summed E-state index contributed by atoms with van der Waals surface area (Å²) in [6.07, 6.45) is 2.27. The normalized spacial score (nSPS) is 14.4. The SMILES string of the molecule is CCN(C(=O)CN(CCO)C1CC1)c1cccc2ccccc12. The fourth-order valence-electron chi connectivity index (χ4n) is 3.14. The molecule has 2 aromatic carbocycles. The number of likely N-dealkylation sites (N-methyl/N-ethyl adjacent to an activating group) is 1. The van der Waals surface area contributed by atoms with Gasteiger partial charge in [0.1, 0.15) is 0 Å². The smallest absolute Gasteiger partial charge is 0.241 e. The molecule has 0 spiro atoms. The van der Waals surface area contributed by atoms with Crippen molar-refractivity contribution < 1.29 is 9.90 Å². The highest BCUT2D eigenvalue weighted by molar-refractivity contribution is 6.04. The van der Waals surface area contributed by atoms with Crippen molar-refractivity contribution >= 4 is 22.4 Å². The number of aliphatic hydroxyl groups is 1. The van der Waals surface area contributed by atoms with E-state index in [9.17, 15) is 9.90 Å². The summed E-state index contributed by atoms with van der Waals surface area (Å²) >= 11 is 0. The molecule has 1 amide bonds. The highest BCUT2D eigenvalue weighted by Gasteiger charge is 2.31. The van der Waals surface area contributed by atoms with Crippen LogP contribution in [-0.2, 0) is 4.79 Å². The minimum absolute atomic E-state index is 0.101. The summed E-state index contributed by atoms with van der Waals surface area (Å²) in [6.45, 7) is 3.70. The molecular weight excluding hydrogens is 288 g/mol. The second-order valence-corrected chi connectivity index (χ2v) is 6.06. The van der Waals surface area contributed by atoms with Crippen LogP contribution in [0.2, 0.25) is 0 Å². The summed E-state index contributed by atoms with van der Waals surface area (Å²) in [4.78, 5) is 16.8. The monoisotopic (exact) mass is 312 g/mol. The molecule has 0 atom stereocenters. The predicted molar refractivity (Wildman–Crippen MR) is 93.7 cm³/mol. The summed E-state index contributed by atoms with van der Waals surface area (Å²) < 4.78 is 0. The van der Waals surface area contributed by atoms with Gasteiger partial charge in [-0.3, -0.25) is 9.69 Å². The van der Waals surface area contributed by atoms with Gasteiger partial charge in [0, 0.05) is 24.5 Å². The standard InChI is InChI=1S/C19H24N2O2/c1-2-21(19(23)14-20(12-13-22)16-10-11-16)18-9-5-7-15-6-3-4-8-17(15)18/h3-9,16,22H,2,10-14H2,1H3. The van der Waals surface area contributed by atoms with E-state index in [0.717, 1.165) is 29.3 Å². The second kappa shape index (κ2) is 7.11. The van der Waals surface area contributed by atoms with Crippen molar-refractivity contribution in [2.24, 2.45) is 0 Å². The number of hydrogen-bond acceptors (Lipinski definition) is 3. The molecule has 0 aliphatic heterocycles. The number of fused-ring (bicyclic) bond motifs is 1. The number of anilines is 1. The second-order valence-electron chi connectivity index (χ2n) is 6.06. The third kappa shape index (κ3) is 3.54. The van der Waals surface area contributed by atoms with Gasteiger partial charge < -0.3 is 10.0 Å². The number of amides is 1. The molecule has 0 radical (unpaired) electrons. The van der Waals surface area contributed by atoms with E-state index in [1.807, 2.05) is 36.1 Å². The van der Waals surface area contributed by atoms with Crippen molar-refractivity contribution in [3.63, 3.8) is 0 Å². The lowest BCUT2D eigenvalue weighted by atomic mass is 10.1. The lowest BCUT2D eigenvalue weighted by Gasteiger charge is -2.27. The van der Waals surface area contributed by atoms with Gasteiger partial charge in [0.25, 0.3) is 0 Å². The lowest BCUT2D eigenvalue weighted by molar-refractivity contribution is -0.119. The highest BCUT2D eigenvalue weighted by atomic mass is 16.3. The zero-order valence-corrected chi connectivity index (χ0v) is 13.6. The largest absolute Gasteiger partial charge is 0.395 e. The number of hydrogen-bond donors (Lipinski definition) is 1. The fraction of sp³-hybridized carbons (Fsp3) is 0.421. The van der Waals surface area contributed by atoms with Gasteiger partial charge in [0.2, 0.25) is 5.91 Å². The van der Waals surface area contributed by atoms with Gasteiger partial charge in [-0.1, -0.05) is 36.4 Å². The van der Waals surface area contributed by atoms with E-state index in [2.05, 4.69) is 23.1 Å². The van der Waals surface area contributed by atoms with Crippen LogP contribution in [0.4, 0.5) is 5.69 Å². The molecule has 1 aliphatic carbocycles. The molecule has 2 aromatic rings. The molecule has 1 fully saturated rings. The van der Waals surface area contributed by atoms with Gasteiger partial charge in [0.15, 0.2) is 0 Å². The van der Waals surface area contributed by atoms with Crippen LogP contribution in [0.25, 0.3) is 10.8 Å². The minimum Gasteiger partial charge on any atom is -0.395 e. The molecule has 1 aliphatic rings. The number of carbonyl (C=O) groups is 1. The summed E-state index contributed by atoms with van der Waals surface area (Å²) in [6, 6.07) is 14.7. The maximum absolute atomic E-state index is 12.8. The van der Waals surface area contributed by atoms with Crippen LogP contribution in [0.3, 0.4) is 0 Å². The van der Waals surface area contributed by atoms with Crippen molar-refractivity contribution in [3.8, 4) is 0 Å². The van der Waals surface area contributed by atoms with Crippen molar-refractivity contribution in [2.75, 3.05) is 31.1 Å². The van der Waals surface area contributed by atoms with Crippen molar-refractivity contribution in [2.45, 2.75) is 25.8 Å². The zero-order valence-electron chi connectivity index (χ0n) is 13.6.